The van der Waals surface area contributed by atoms with Crippen molar-refractivity contribution in [1.82, 2.24) is 0 Å². The van der Waals surface area contributed by atoms with Crippen molar-refractivity contribution in [3.63, 3.8) is 0 Å². The molecule has 0 bridgehead atoms. The smallest absolute Gasteiger partial charge is 0.193 e. The Bertz CT molecular complexity index is 1290. The maximum absolute atomic E-state index is 14.4. The number of hydrogen-bond acceptors (Lipinski definition) is 3. The van der Waals surface area contributed by atoms with Gasteiger partial charge in [0.1, 0.15) is 23.1 Å². The SMILES string of the molecule is CCN(/C(C)=C(F)/C=C\C=C\F)c1ccc(C(=O)c2ccc(N(CC)c3c(F)cccc3F)cc2)cc1. The Balaban J connectivity index is 1.81. The number of ketones is 1. The van der Waals surface area contributed by atoms with Gasteiger partial charge in [-0.1, -0.05) is 12.1 Å². The number of anilines is 3. The number of hydrogen-bond donors (Lipinski definition) is 0. The highest BCUT2D eigenvalue weighted by Gasteiger charge is 2.18. The lowest BCUT2D eigenvalue weighted by atomic mass is 10.0. The second-order valence-electron chi connectivity index (χ2n) is 8.09. The lowest BCUT2D eigenvalue weighted by Gasteiger charge is -2.24. The van der Waals surface area contributed by atoms with Gasteiger partial charge in [-0.2, -0.15) is 0 Å². The number of carbonyl (C=O) groups excluding carboxylic acids is 1. The molecule has 0 N–H and O–H groups in total. The van der Waals surface area contributed by atoms with Crippen molar-refractivity contribution < 1.29 is 22.4 Å². The van der Waals surface area contributed by atoms with Crippen molar-refractivity contribution >= 4 is 22.8 Å². The Morgan fingerprint density at radius 1 is 0.811 bits per heavy atom. The highest BCUT2D eigenvalue weighted by atomic mass is 19.1. The van der Waals surface area contributed by atoms with Crippen LogP contribution in [0.4, 0.5) is 34.6 Å². The van der Waals surface area contributed by atoms with Crippen LogP contribution in [0.1, 0.15) is 36.7 Å². The number of nitrogens with zero attached hydrogens (tertiary/aromatic N) is 2. The molecule has 3 rings (SSSR count). The van der Waals surface area contributed by atoms with Crippen molar-refractivity contribution in [2.24, 2.45) is 0 Å². The van der Waals surface area contributed by atoms with Gasteiger partial charge in [-0.3, -0.25) is 4.79 Å². The molecule has 0 saturated heterocycles. The quantitative estimate of drug-likeness (QED) is 0.156. The Morgan fingerprint density at radius 2 is 1.35 bits per heavy atom. The molecule has 0 aromatic heterocycles. The zero-order valence-electron chi connectivity index (χ0n) is 20.9. The lowest BCUT2D eigenvalue weighted by molar-refractivity contribution is 0.103. The van der Waals surface area contributed by atoms with Crippen LogP contribution in [0.15, 0.2) is 103 Å². The molecule has 0 aliphatic carbocycles. The average Bonchev–Trinajstić information content (AvgIpc) is 2.91. The van der Waals surface area contributed by atoms with E-state index in [9.17, 15) is 22.4 Å². The van der Waals surface area contributed by atoms with Gasteiger partial charge in [-0.25, -0.2) is 17.6 Å². The van der Waals surface area contributed by atoms with Gasteiger partial charge in [0.05, 0.1) is 12.0 Å². The first-order chi connectivity index (χ1) is 17.8. The van der Waals surface area contributed by atoms with Crippen molar-refractivity contribution in [2.75, 3.05) is 22.9 Å². The molecular formula is C30H28F4N2O. The van der Waals surface area contributed by atoms with Crippen LogP contribution in [0.3, 0.4) is 0 Å². The summed E-state index contributed by atoms with van der Waals surface area (Å²) >= 11 is 0. The van der Waals surface area contributed by atoms with E-state index in [1.54, 1.807) is 67.3 Å². The van der Waals surface area contributed by atoms with Crippen LogP contribution in [0.5, 0.6) is 0 Å². The van der Waals surface area contributed by atoms with Crippen LogP contribution >= 0.6 is 0 Å². The molecule has 0 spiro atoms. The molecule has 3 nitrogen and oxygen atoms in total. The number of benzene rings is 3. The van der Waals surface area contributed by atoms with Gasteiger partial charge in [0.15, 0.2) is 5.78 Å². The predicted molar refractivity (Wildman–Crippen MR) is 142 cm³/mol. The van der Waals surface area contributed by atoms with E-state index in [-0.39, 0.29) is 11.5 Å². The topological polar surface area (TPSA) is 23.6 Å². The number of rotatable bonds is 10. The molecule has 0 aliphatic heterocycles. The van der Waals surface area contributed by atoms with Crippen molar-refractivity contribution in [3.05, 3.63) is 126 Å². The fourth-order valence-corrected chi connectivity index (χ4v) is 4.01. The van der Waals surface area contributed by atoms with E-state index in [1.165, 1.54) is 35.3 Å². The van der Waals surface area contributed by atoms with Crippen molar-refractivity contribution in [1.29, 1.82) is 0 Å². The van der Waals surface area contributed by atoms with Gasteiger partial charge >= 0.3 is 0 Å². The summed E-state index contributed by atoms with van der Waals surface area (Å²) in [6.07, 6.45) is 3.86. The normalized spacial score (nSPS) is 12.2. The molecule has 3 aromatic rings. The third-order valence-corrected chi connectivity index (χ3v) is 5.90. The first-order valence-corrected chi connectivity index (χ1v) is 11.9. The Kier molecular flexibility index (Phi) is 9.44. The Morgan fingerprint density at radius 3 is 1.84 bits per heavy atom. The highest BCUT2D eigenvalue weighted by Crippen LogP contribution is 2.31. The third-order valence-electron chi connectivity index (χ3n) is 5.90. The second-order valence-corrected chi connectivity index (χ2v) is 8.09. The summed E-state index contributed by atoms with van der Waals surface area (Å²) in [7, 11) is 0. The van der Waals surface area contributed by atoms with Gasteiger partial charge in [-0.05, 0) is 93.6 Å². The zero-order chi connectivity index (χ0) is 26.9. The number of allylic oxidation sites excluding steroid dienone is 5. The van der Waals surface area contributed by atoms with Gasteiger partial charge in [0, 0.05) is 35.6 Å². The van der Waals surface area contributed by atoms with E-state index in [2.05, 4.69) is 0 Å². The molecule has 0 atom stereocenters. The minimum absolute atomic E-state index is 0.143. The van der Waals surface area contributed by atoms with Gasteiger partial charge in [-0.15, -0.1) is 0 Å². The molecule has 7 heteroatoms. The van der Waals surface area contributed by atoms with Crippen LogP contribution in [-0.2, 0) is 0 Å². The van der Waals surface area contributed by atoms with E-state index in [0.29, 0.717) is 47.6 Å². The number of para-hydroxylation sites is 1. The summed E-state index contributed by atoms with van der Waals surface area (Å²) < 4.78 is 55.1. The predicted octanol–water partition coefficient (Wildman–Crippen LogP) is 8.42. The summed E-state index contributed by atoms with van der Waals surface area (Å²) in [5.41, 5.74) is 2.32. The largest absolute Gasteiger partial charge is 0.343 e. The van der Waals surface area contributed by atoms with E-state index in [0.717, 1.165) is 6.08 Å². The summed E-state index contributed by atoms with van der Waals surface area (Å²) in [5, 5.41) is 0. The van der Waals surface area contributed by atoms with Crippen LogP contribution in [0.25, 0.3) is 0 Å². The maximum atomic E-state index is 14.4. The summed E-state index contributed by atoms with van der Waals surface area (Å²) in [6, 6.07) is 17.0. The van der Waals surface area contributed by atoms with Crippen LogP contribution < -0.4 is 9.80 Å². The van der Waals surface area contributed by atoms with Crippen LogP contribution in [0.2, 0.25) is 0 Å². The van der Waals surface area contributed by atoms with E-state index in [1.807, 2.05) is 6.92 Å². The summed E-state index contributed by atoms with van der Waals surface area (Å²) in [5.74, 6) is -2.06. The molecule has 0 amide bonds. The molecular weight excluding hydrogens is 480 g/mol. The molecule has 0 radical (unpaired) electrons. The molecule has 0 heterocycles. The third kappa shape index (κ3) is 6.36. The standard InChI is InChI=1S/C30H28F4N2O/c1-4-35(21(3)26(32)9-6-7-20-31)24-16-12-22(13-17-24)30(37)23-14-18-25(19-15-23)36(5-2)29-27(33)10-8-11-28(29)34/h6-20H,4-5H2,1-3H3/b9-6-,20-7+,26-21-. The molecule has 192 valence electrons. The fraction of sp³-hybridized carbons (Fsp3) is 0.167. The molecule has 3 aromatic carbocycles. The first kappa shape index (κ1) is 27.5. The molecule has 0 aliphatic rings. The van der Waals surface area contributed by atoms with Crippen LogP contribution in [-0.4, -0.2) is 18.9 Å². The zero-order valence-corrected chi connectivity index (χ0v) is 20.9. The minimum Gasteiger partial charge on any atom is -0.343 e. The van der Waals surface area contributed by atoms with Gasteiger partial charge in [0.25, 0.3) is 0 Å². The maximum Gasteiger partial charge on any atom is 0.193 e. The number of halogens is 4. The fourth-order valence-electron chi connectivity index (χ4n) is 4.01. The Hall–Kier alpha value is -4.13. The monoisotopic (exact) mass is 508 g/mol. The molecule has 0 unspecified atom stereocenters. The van der Waals surface area contributed by atoms with Gasteiger partial charge < -0.3 is 9.80 Å². The molecule has 0 saturated carbocycles. The average molecular weight is 509 g/mol. The van der Waals surface area contributed by atoms with Crippen molar-refractivity contribution in [3.8, 4) is 0 Å². The van der Waals surface area contributed by atoms with Crippen molar-refractivity contribution in [2.45, 2.75) is 20.8 Å². The van der Waals surface area contributed by atoms with E-state index >= 15 is 0 Å². The molecule has 0 fully saturated rings. The van der Waals surface area contributed by atoms with Crippen LogP contribution in [0, 0.1) is 11.6 Å². The summed E-state index contributed by atoms with van der Waals surface area (Å²) in [6.45, 7) is 6.09. The molecule has 37 heavy (non-hydrogen) atoms. The highest BCUT2D eigenvalue weighted by molar-refractivity contribution is 6.09. The Labute approximate surface area is 214 Å². The number of carbonyl (C=O) groups is 1. The van der Waals surface area contributed by atoms with Gasteiger partial charge in [0.2, 0.25) is 0 Å². The minimum atomic E-state index is -0.666. The second kappa shape index (κ2) is 12.7. The first-order valence-electron chi connectivity index (χ1n) is 11.9. The van der Waals surface area contributed by atoms with E-state index in [4.69, 9.17) is 0 Å². The van der Waals surface area contributed by atoms with E-state index < -0.39 is 17.5 Å². The summed E-state index contributed by atoms with van der Waals surface area (Å²) in [4.78, 5) is 16.3. The lowest BCUT2D eigenvalue weighted by Crippen LogP contribution is -2.21.